The van der Waals surface area contributed by atoms with E-state index in [-0.39, 0.29) is 0 Å². The summed E-state index contributed by atoms with van der Waals surface area (Å²) in [6, 6.07) is 12.5. The molecule has 0 bridgehead atoms. The first-order valence-corrected chi connectivity index (χ1v) is 8.36. The van der Waals surface area contributed by atoms with Crippen molar-refractivity contribution in [2.75, 3.05) is 27.2 Å². The average Bonchev–Trinajstić information content (AvgIpc) is 2.89. The molecule has 0 saturated heterocycles. The van der Waals surface area contributed by atoms with Crippen LogP contribution >= 0.6 is 0 Å². The van der Waals surface area contributed by atoms with E-state index in [1.165, 1.54) is 16.5 Å². The molecule has 0 aliphatic heterocycles. The number of hydrogen-bond acceptors (Lipinski definition) is 4. The average molecular weight is 323 g/mol. The Balaban J connectivity index is 1.83. The standard InChI is InChI=1S/C20H25N3O/c1-16-19(18-6-4-5-7-20(18)24-16)15-23(13-12-22(2)3)14-17-8-10-21-11-9-17/h4-11H,12-15H2,1-3H3. The number of pyridine rings is 1. The number of nitrogens with zero attached hydrogens (tertiary/aromatic N) is 3. The number of hydrogen-bond donors (Lipinski definition) is 0. The third kappa shape index (κ3) is 4.02. The number of para-hydroxylation sites is 1. The predicted molar refractivity (Wildman–Crippen MR) is 97.9 cm³/mol. The maximum atomic E-state index is 5.93. The van der Waals surface area contributed by atoms with E-state index in [4.69, 9.17) is 4.42 Å². The number of fused-ring (bicyclic) bond motifs is 1. The molecule has 3 aromatic rings. The number of rotatable bonds is 7. The minimum atomic E-state index is 0.888. The molecule has 2 aromatic heterocycles. The van der Waals surface area contributed by atoms with Gasteiger partial charge in [-0.15, -0.1) is 0 Å². The summed E-state index contributed by atoms with van der Waals surface area (Å²) in [7, 11) is 4.23. The van der Waals surface area contributed by atoms with Crippen LogP contribution in [0.1, 0.15) is 16.9 Å². The van der Waals surface area contributed by atoms with Crippen molar-refractivity contribution in [2.45, 2.75) is 20.0 Å². The van der Waals surface area contributed by atoms with E-state index in [1.807, 2.05) is 24.5 Å². The molecule has 0 N–H and O–H groups in total. The molecule has 126 valence electrons. The van der Waals surface area contributed by atoms with Gasteiger partial charge in [0.05, 0.1) is 0 Å². The van der Waals surface area contributed by atoms with Crippen LogP contribution in [-0.4, -0.2) is 42.0 Å². The van der Waals surface area contributed by atoms with Gasteiger partial charge in [-0.3, -0.25) is 9.88 Å². The van der Waals surface area contributed by atoms with Gasteiger partial charge in [0.25, 0.3) is 0 Å². The summed E-state index contributed by atoms with van der Waals surface area (Å²) >= 11 is 0. The second kappa shape index (κ2) is 7.60. The molecule has 24 heavy (non-hydrogen) atoms. The van der Waals surface area contributed by atoms with Crippen molar-refractivity contribution in [2.24, 2.45) is 0 Å². The molecule has 3 rings (SSSR count). The molecule has 0 radical (unpaired) electrons. The van der Waals surface area contributed by atoms with Crippen LogP contribution in [0.5, 0.6) is 0 Å². The Hall–Kier alpha value is -2.17. The second-order valence-electron chi connectivity index (χ2n) is 6.50. The van der Waals surface area contributed by atoms with Gasteiger partial charge in [0.2, 0.25) is 0 Å². The Morgan fingerprint density at radius 3 is 2.46 bits per heavy atom. The molecule has 0 fully saturated rings. The molecule has 0 atom stereocenters. The Bertz CT molecular complexity index is 780. The summed E-state index contributed by atoms with van der Waals surface area (Å²) in [5.74, 6) is 1.01. The molecular weight excluding hydrogens is 298 g/mol. The highest BCUT2D eigenvalue weighted by molar-refractivity contribution is 5.82. The van der Waals surface area contributed by atoms with Crippen LogP contribution in [-0.2, 0) is 13.1 Å². The number of likely N-dealkylation sites (N-methyl/N-ethyl adjacent to an activating group) is 1. The summed E-state index contributed by atoms with van der Waals surface area (Å²) in [5.41, 5.74) is 3.55. The minimum absolute atomic E-state index is 0.888. The van der Waals surface area contributed by atoms with E-state index in [2.05, 4.69) is 60.1 Å². The first-order valence-electron chi connectivity index (χ1n) is 8.36. The summed E-state index contributed by atoms with van der Waals surface area (Å²) < 4.78 is 5.93. The fraction of sp³-hybridized carbons (Fsp3) is 0.350. The van der Waals surface area contributed by atoms with Crippen LogP contribution in [0.4, 0.5) is 0 Å². The lowest BCUT2D eigenvalue weighted by Crippen LogP contribution is -2.31. The molecule has 0 unspecified atom stereocenters. The minimum Gasteiger partial charge on any atom is -0.461 e. The van der Waals surface area contributed by atoms with Crippen LogP contribution in [0.3, 0.4) is 0 Å². The summed E-state index contributed by atoms with van der Waals surface area (Å²) in [6.45, 7) is 5.90. The third-order valence-corrected chi connectivity index (χ3v) is 4.30. The third-order valence-electron chi connectivity index (χ3n) is 4.30. The van der Waals surface area contributed by atoms with Crippen molar-refractivity contribution >= 4 is 11.0 Å². The predicted octanol–water partition coefficient (Wildman–Crippen LogP) is 3.70. The maximum Gasteiger partial charge on any atom is 0.134 e. The van der Waals surface area contributed by atoms with Gasteiger partial charge in [-0.05, 0) is 44.8 Å². The van der Waals surface area contributed by atoms with Crippen LogP contribution in [0, 0.1) is 6.92 Å². The van der Waals surface area contributed by atoms with E-state index in [1.54, 1.807) is 0 Å². The lowest BCUT2D eigenvalue weighted by Gasteiger charge is -2.24. The quantitative estimate of drug-likeness (QED) is 0.664. The molecule has 0 amide bonds. The second-order valence-corrected chi connectivity index (χ2v) is 6.50. The van der Waals surface area contributed by atoms with Crippen LogP contribution < -0.4 is 0 Å². The normalized spacial score (nSPS) is 11.7. The Labute approximate surface area is 143 Å². The van der Waals surface area contributed by atoms with Gasteiger partial charge in [0.15, 0.2) is 0 Å². The topological polar surface area (TPSA) is 32.5 Å². The van der Waals surface area contributed by atoms with E-state index < -0.39 is 0 Å². The monoisotopic (exact) mass is 323 g/mol. The van der Waals surface area contributed by atoms with Crippen LogP contribution in [0.15, 0.2) is 53.2 Å². The number of aromatic nitrogens is 1. The molecule has 0 aliphatic carbocycles. The van der Waals surface area contributed by atoms with E-state index in [0.29, 0.717) is 0 Å². The van der Waals surface area contributed by atoms with E-state index in [9.17, 15) is 0 Å². The van der Waals surface area contributed by atoms with Gasteiger partial charge < -0.3 is 9.32 Å². The van der Waals surface area contributed by atoms with Gasteiger partial charge in [0, 0.05) is 49.5 Å². The van der Waals surface area contributed by atoms with Crippen molar-refractivity contribution in [3.05, 3.63) is 65.7 Å². The van der Waals surface area contributed by atoms with Crippen molar-refractivity contribution in [1.82, 2.24) is 14.8 Å². The number of aryl methyl sites for hydroxylation is 1. The molecule has 0 saturated carbocycles. The largest absolute Gasteiger partial charge is 0.461 e. The zero-order valence-corrected chi connectivity index (χ0v) is 14.7. The summed E-state index contributed by atoms with van der Waals surface area (Å²) in [4.78, 5) is 8.81. The molecule has 0 aliphatic rings. The van der Waals surface area contributed by atoms with Crippen molar-refractivity contribution < 1.29 is 4.42 Å². The van der Waals surface area contributed by atoms with Crippen LogP contribution in [0.25, 0.3) is 11.0 Å². The number of benzene rings is 1. The van der Waals surface area contributed by atoms with Crippen LogP contribution in [0.2, 0.25) is 0 Å². The molecular formula is C20H25N3O. The lowest BCUT2D eigenvalue weighted by molar-refractivity contribution is 0.225. The molecule has 0 spiro atoms. The van der Waals surface area contributed by atoms with Crippen molar-refractivity contribution in [3.63, 3.8) is 0 Å². The Kier molecular flexibility index (Phi) is 5.28. The van der Waals surface area contributed by atoms with Gasteiger partial charge in [-0.2, -0.15) is 0 Å². The van der Waals surface area contributed by atoms with Gasteiger partial charge in [0.1, 0.15) is 11.3 Å². The summed E-state index contributed by atoms with van der Waals surface area (Å²) in [5, 5.41) is 1.22. The zero-order valence-electron chi connectivity index (χ0n) is 14.7. The van der Waals surface area contributed by atoms with E-state index >= 15 is 0 Å². The van der Waals surface area contributed by atoms with E-state index in [0.717, 1.165) is 37.5 Å². The molecule has 4 nitrogen and oxygen atoms in total. The lowest BCUT2D eigenvalue weighted by atomic mass is 10.1. The molecule has 1 aromatic carbocycles. The highest BCUT2D eigenvalue weighted by Gasteiger charge is 2.15. The van der Waals surface area contributed by atoms with Gasteiger partial charge >= 0.3 is 0 Å². The summed E-state index contributed by atoms with van der Waals surface area (Å²) in [6.07, 6.45) is 3.72. The fourth-order valence-corrected chi connectivity index (χ4v) is 2.94. The Morgan fingerprint density at radius 2 is 1.71 bits per heavy atom. The number of furan rings is 1. The highest BCUT2D eigenvalue weighted by Crippen LogP contribution is 2.26. The smallest absolute Gasteiger partial charge is 0.134 e. The SMILES string of the molecule is Cc1oc2ccccc2c1CN(CCN(C)C)Cc1ccncc1. The first-order chi connectivity index (χ1) is 11.6. The molecule has 4 heteroatoms. The zero-order chi connectivity index (χ0) is 16.9. The highest BCUT2D eigenvalue weighted by atomic mass is 16.3. The maximum absolute atomic E-state index is 5.93. The Morgan fingerprint density at radius 1 is 0.958 bits per heavy atom. The van der Waals surface area contributed by atoms with Gasteiger partial charge in [-0.1, -0.05) is 18.2 Å². The first kappa shape index (κ1) is 16.7. The van der Waals surface area contributed by atoms with Gasteiger partial charge in [-0.25, -0.2) is 0 Å². The molecule has 2 heterocycles. The van der Waals surface area contributed by atoms with Crippen molar-refractivity contribution in [1.29, 1.82) is 0 Å². The fourth-order valence-electron chi connectivity index (χ4n) is 2.94. The van der Waals surface area contributed by atoms with Crippen molar-refractivity contribution in [3.8, 4) is 0 Å².